The van der Waals surface area contributed by atoms with Crippen LogP contribution in [0.1, 0.15) is 26.7 Å². The number of sulfonamides is 1. The number of amides is 1. The predicted octanol–water partition coefficient (Wildman–Crippen LogP) is -0.650. The summed E-state index contributed by atoms with van der Waals surface area (Å²) in [4.78, 5) is 11.7. The van der Waals surface area contributed by atoms with E-state index in [1.54, 1.807) is 13.8 Å². The molecule has 1 aliphatic heterocycles. The van der Waals surface area contributed by atoms with Crippen LogP contribution in [0.15, 0.2) is 0 Å². The van der Waals surface area contributed by atoms with Crippen molar-refractivity contribution in [1.82, 2.24) is 9.62 Å². The van der Waals surface area contributed by atoms with E-state index < -0.39 is 19.9 Å². The molecule has 1 unspecified atom stereocenters. The number of nitrogens with one attached hydrogen (secondary N) is 1. The minimum Gasteiger partial charge on any atom is -0.352 e. The Morgan fingerprint density at radius 1 is 1.40 bits per heavy atom. The first-order valence-electron chi connectivity index (χ1n) is 6.48. The van der Waals surface area contributed by atoms with Gasteiger partial charge in [0, 0.05) is 25.0 Å². The average Bonchev–Trinajstić information content (AvgIpc) is 2.55. The van der Waals surface area contributed by atoms with E-state index in [1.165, 1.54) is 4.31 Å². The molecule has 0 bridgehead atoms. The van der Waals surface area contributed by atoms with Gasteiger partial charge in [0.05, 0.1) is 17.8 Å². The van der Waals surface area contributed by atoms with Crippen molar-refractivity contribution in [3.8, 4) is 0 Å². The van der Waals surface area contributed by atoms with Gasteiger partial charge >= 0.3 is 0 Å². The topological polar surface area (TPSA) is 101 Å². The summed E-state index contributed by atoms with van der Waals surface area (Å²) < 4.78 is 46.8. The molecule has 0 saturated carbocycles. The van der Waals surface area contributed by atoms with Gasteiger partial charge in [0.25, 0.3) is 0 Å². The molecule has 20 heavy (non-hydrogen) atoms. The molecule has 7 nitrogen and oxygen atoms in total. The van der Waals surface area contributed by atoms with Gasteiger partial charge in [0.2, 0.25) is 15.9 Å². The molecule has 0 aromatic carbocycles. The third-order valence-corrected chi connectivity index (χ3v) is 6.38. The Morgan fingerprint density at radius 3 is 2.40 bits per heavy atom. The summed E-state index contributed by atoms with van der Waals surface area (Å²) in [5.41, 5.74) is 0. The minimum absolute atomic E-state index is 0.0291. The van der Waals surface area contributed by atoms with Crippen molar-refractivity contribution < 1.29 is 21.6 Å². The maximum atomic E-state index is 11.7. The SMILES string of the molecule is CC(C)N(CCC(=O)NC1CCS(=O)(=O)C1)S(C)(=O)=O. The number of rotatable bonds is 6. The molecule has 0 radical (unpaired) electrons. The molecule has 9 heteroatoms. The number of carbonyl (C=O) groups excluding carboxylic acids is 1. The predicted molar refractivity (Wildman–Crippen MR) is 76.5 cm³/mol. The third kappa shape index (κ3) is 5.37. The van der Waals surface area contributed by atoms with Gasteiger partial charge in [-0.1, -0.05) is 0 Å². The maximum Gasteiger partial charge on any atom is 0.221 e. The number of hydrogen-bond donors (Lipinski definition) is 1. The Bertz CT molecular complexity index is 553. The first-order valence-corrected chi connectivity index (χ1v) is 10.1. The Labute approximate surface area is 120 Å². The summed E-state index contributed by atoms with van der Waals surface area (Å²) in [7, 11) is -6.38. The van der Waals surface area contributed by atoms with E-state index in [2.05, 4.69) is 5.32 Å². The summed E-state index contributed by atoms with van der Waals surface area (Å²) in [6, 6.07) is -0.567. The van der Waals surface area contributed by atoms with Crippen molar-refractivity contribution in [3.63, 3.8) is 0 Å². The molecule has 118 valence electrons. The molecule has 1 amide bonds. The molecule has 1 rings (SSSR count). The first kappa shape index (κ1) is 17.4. The van der Waals surface area contributed by atoms with E-state index in [0.717, 1.165) is 6.26 Å². The molecule has 1 atom stereocenters. The van der Waals surface area contributed by atoms with Gasteiger partial charge in [0.15, 0.2) is 9.84 Å². The fourth-order valence-corrected chi connectivity index (χ4v) is 5.09. The van der Waals surface area contributed by atoms with Crippen LogP contribution in [0.25, 0.3) is 0 Å². The Kier molecular flexibility index (Phi) is 5.56. The van der Waals surface area contributed by atoms with Crippen molar-refractivity contribution in [3.05, 3.63) is 0 Å². The maximum absolute atomic E-state index is 11.7. The molecule has 0 aromatic rings. The summed E-state index contributed by atoms with van der Waals surface area (Å²) in [5.74, 6) is -0.251. The van der Waals surface area contributed by atoms with Crippen LogP contribution in [0, 0.1) is 0 Å². The van der Waals surface area contributed by atoms with Crippen molar-refractivity contribution in [2.24, 2.45) is 0 Å². The zero-order valence-electron chi connectivity index (χ0n) is 12.0. The number of nitrogens with zero attached hydrogens (tertiary/aromatic N) is 1. The highest BCUT2D eigenvalue weighted by atomic mass is 32.2. The van der Waals surface area contributed by atoms with E-state index in [1.807, 2.05) is 0 Å². The summed E-state index contributed by atoms with van der Waals surface area (Å²) >= 11 is 0. The fourth-order valence-electron chi connectivity index (χ4n) is 2.23. The summed E-state index contributed by atoms with van der Waals surface area (Å²) in [6.45, 7) is 3.58. The number of hydrogen-bond acceptors (Lipinski definition) is 5. The monoisotopic (exact) mass is 326 g/mol. The molecule has 1 aliphatic rings. The summed E-state index contributed by atoms with van der Waals surface area (Å²) in [5, 5.41) is 2.64. The van der Waals surface area contributed by atoms with Gasteiger partial charge in [-0.15, -0.1) is 0 Å². The number of carbonyl (C=O) groups is 1. The lowest BCUT2D eigenvalue weighted by Crippen LogP contribution is -2.41. The van der Waals surface area contributed by atoms with Crippen LogP contribution in [0.4, 0.5) is 0 Å². The van der Waals surface area contributed by atoms with E-state index in [4.69, 9.17) is 0 Å². The lowest BCUT2D eigenvalue weighted by atomic mass is 10.2. The second-order valence-corrected chi connectivity index (χ2v) is 9.55. The number of sulfone groups is 1. The smallest absolute Gasteiger partial charge is 0.221 e. The lowest BCUT2D eigenvalue weighted by Gasteiger charge is -2.23. The van der Waals surface area contributed by atoms with Gasteiger partial charge in [0.1, 0.15) is 0 Å². The van der Waals surface area contributed by atoms with Crippen LogP contribution in [0.3, 0.4) is 0 Å². The van der Waals surface area contributed by atoms with Gasteiger partial charge < -0.3 is 5.32 Å². The van der Waals surface area contributed by atoms with Crippen molar-refractivity contribution in [2.75, 3.05) is 24.3 Å². The van der Waals surface area contributed by atoms with Crippen molar-refractivity contribution >= 4 is 25.8 Å². The van der Waals surface area contributed by atoms with E-state index in [0.29, 0.717) is 6.42 Å². The van der Waals surface area contributed by atoms with Crippen LogP contribution in [-0.4, -0.2) is 63.4 Å². The zero-order valence-corrected chi connectivity index (χ0v) is 13.6. The summed E-state index contributed by atoms with van der Waals surface area (Å²) in [6.07, 6.45) is 1.56. The molecule has 0 aliphatic carbocycles. The van der Waals surface area contributed by atoms with E-state index in [9.17, 15) is 21.6 Å². The van der Waals surface area contributed by atoms with Crippen LogP contribution in [0.5, 0.6) is 0 Å². The van der Waals surface area contributed by atoms with Crippen LogP contribution >= 0.6 is 0 Å². The Balaban J connectivity index is 2.47. The second kappa shape index (κ2) is 6.40. The molecule has 0 aromatic heterocycles. The zero-order chi connectivity index (χ0) is 15.6. The van der Waals surface area contributed by atoms with Gasteiger partial charge in [-0.25, -0.2) is 16.8 Å². The minimum atomic E-state index is -3.35. The van der Waals surface area contributed by atoms with Crippen molar-refractivity contribution in [1.29, 1.82) is 0 Å². The first-order chi connectivity index (χ1) is 9.01. The highest BCUT2D eigenvalue weighted by Crippen LogP contribution is 2.12. The molecule has 1 N–H and O–H groups in total. The fraction of sp³-hybridized carbons (Fsp3) is 0.909. The van der Waals surface area contributed by atoms with Crippen LogP contribution in [-0.2, 0) is 24.7 Å². The average molecular weight is 326 g/mol. The molecular weight excluding hydrogens is 304 g/mol. The molecule has 1 saturated heterocycles. The van der Waals surface area contributed by atoms with Crippen molar-refractivity contribution in [2.45, 2.75) is 38.8 Å². The highest BCUT2D eigenvalue weighted by Gasteiger charge is 2.29. The second-order valence-electron chi connectivity index (χ2n) is 5.38. The molecule has 0 spiro atoms. The quantitative estimate of drug-likeness (QED) is 0.699. The van der Waals surface area contributed by atoms with Gasteiger partial charge in [-0.3, -0.25) is 4.79 Å². The standard InChI is InChI=1S/C11H22N2O5S2/c1-9(2)13(19(3,15)16)6-4-11(14)12-10-5-7-20(17,18)8-10/h9-10H,4-8H2,1-3H3,(H,12,14). The Morgan fingerprint density at radius 2 is 2.00 bits per heavy atom. The molecule has 1 heterocycles. The highest BCUT2D eigenvalue weighted by molar-refractivity contribution is 7.91. The van der Waals surface area contributed by atoms with E-state index >= 15 is 0 Å². The Hall–Kier alpha value is -0.670. The van der Waals surface area contributed by atoms with Crippen LogP contribution in [0.2, 0.25) is 0 Å². The van der Waals surface area contributed by atoms with Gasteiger partial charge in [-0.05, 0) is 20.3 Å². The normalized spacial score (nSPS) is 22.4. The molecular formula is C11H22N2O5S2. The lowest BCUT2D eigenvalue weighted by molar-refractivity contribution is -0.121. The van der Waals surface area contributed by atoms with Gasteiger partial charge in [-0.2, -0.15) is 4.31 Å². The molecule has 1 fully saturated rings. The third-order valence-electron chi connectivity index (χ3n) is 3.16. The van der Waals surface area contributed by atoms with E-state index in [-0.39, 0.29) is 42.5 Å². The largest absolute Gasteiger partial charge is 0.352 e. The van der Waals surface area contributed by atoms with Crippen LogP contribution < -0.4 is 5.32 Å².